The summed E-state index contributed by atoms with van der Waals surface area (Å²) in [6.07, 6.45) is 18.0. The molecule has 2 unspecified atom stereocenters. The summed E-state index contributed by atoms with van der Waals surface area (Å²) in [7, 11) is 2.00. The molecular formula is C30H52N2O2. The summed E-state index contributed by atoms with van der Waals surface area (Å²) >= 11 is 0. The van der Waals surface area contributed by atoms with Crippen molar-refractivity contribution in [3.63, 3.8) is 0 Å². The maximum atomic E-state index is 14.0. The predicted octanol–water partition coefficient (Wildman–Crippen LogP) is 7.19. The van der Waals surface area contributed by atoms with Crippen molar-refractivity contribution >= 4 is 11.8 Å². The Morgan fingerprint density at radius 1 is 0.971 bits per heavy atom. The minimum atomic E-state index is -0.184. The lowest BCUT2D eigenvalue weighted by Gasteiger charge is -2.30. The van der Waals surface area contributed by atoms with Crippen molar-refractivity contribution in [2.45, 2.75) is 117 Å². The van der Waals surface area contributed by atoms with Crippen LogP contribution in [0.1, 0.15) is 119 Å². The monoisotopic (exact) mass is 472 g/mol. The molecule has 4 fully saturated rings. The molecule has 1 saturated heterocycles. The van der Waals surface area contributed by atoms with E-state index in [1.165, 1.54) is 69.8 Å². The van der Waals surface area contributed by atoms with Crippen LogP contribution < -0.4 is 0 Å². The highest BCUT2D eigenvalue weighted by atomic mass is 16.2. The van der Waals surface area contributed by atoms with Crippen LogP contribution in [0.2, 0.25) is 0 Å². The third kappa shape index (κ3) is 5.57. The van der Waals surface area contributed by atoms with Gasteiger partial charge in [-0.05, 0) is 82.5 Å². The van der Waals surface area contributed by atoms with Gasteiger partial charge in [-0.2, -0.15) is 0 Å². The summed E-state index contributed by atoms with van der Waals surface area (Å²) in [5.41, 5.74) is 2.26. The van der Waals surface area contributed by atoms with E-state index in [0.29, 0.717) is 29.6 Å². The van der Waals surface area contributed by atoms with E-state index in [9.17, 15) is 9.59 Å². The van der Waals surface area contributed by atoms with Crippen molar-refractivity contribution in [1.29, 1.82) is 0 Å². The van der Waals surface area contributed by atoms with E-state index in [4.69, 9.17) is 0 Å². The summed E-state index contributed by atoms with van der Waals surface area (Å²) in [5, 5.41) is 0. The topological polar surface area (TPSA) is 40.6 Å². The first-order valence-electron chi connectivity index (χ1n) is 14.6. The summed E-state index contributed by atoms with van der Waals surface area (Å²) in [6, 6.07) is 0. The van der Waals surface area contributed by atoms with E-state index in [1.807, 2.05) is 11.9 Å². The summed E-state index contributed by atoms with van der Waals surface area (Å²) in [5.74, 6) is 3.14. The molecule has 3 aliphatic carbocycles. The lowest BCUT2D eigenvalue weighted by Crippen LogP contribution is -2.36. The lowest BCUT2D eigenvalue weighted by molar-refractivity contribution is -0.135. The van der Waals surface area contributed by atoms with Crippen molar-refractivity contribution in [1.82, 2.24) is 9.80 Å². The summed E-state index contributed by atoms with van der Waals surface area (Å²) < 4.78 is 0. The highest BCUT2D eigenvalue weighted by molar-refractivity contribution is 5.87. The molecule has 4 heteroatoms. The number of hydrogen-bond acceptors (Lipinski definition) is 2. The lowest BCUT2D eigenvalue weighted by atomic mass is 9.81. The summed E-state index contributed by atoms with van der Waals surface area (Å²) in [6.45, 7) is 8.24. The fraction of sp³-hybridized carbons (Fsp3) is 0.867. The van der Waals surface area contributed by atoms with Gasteiger partial charge >= 0.3 is 0 Å². The van der Waals surface area contributed by atoms with E-state index in [1.54, 1.807) is 0 Å². The molecule has 3 saturated carbocycles. The zero-order valence-electron chi connectivity index (χ0n) is 22.5. The van der Waals surface area contributed by atoms with Gasteiger partial charge in [0, 0.05) is 33.7 Å². The van der Waals surface area contributed by atoms with Crippen LogP contribution in [0, 0.1) is 29.1 Å². The third-order valence-corrected chi connectivity index (χ3v) is 10.3. The van der Waals surface area contributed by atoms with Crippen molar-refractivity contribution in [2.24, 2.45) is 29.1 Å². The standard InChI is InChI=1S/C30H50N2O2.H2/c1-5-22(2)23(3)31(4)29(34)30(17-15-24-11-7-6-8-12-24)20-27(30)26-16-18-32(21-26)28(33)19-25-13-9-10-14-25;/h24-27H,5-21H2,1-4H3;1H/t26?,27?,30-;/m0./s1. The number of likely N-dealkylation sites (tertiary alicyclic amines) is 1. The Balaban J connectivity index is 0.00000342. The minimum Gasteiger partial charge on any atom is -0.342 e. The molecule has 4 rings (SSSR count). The van der Waals surface area contributed by atoms with Gasteiger partial charge in [0.15, 0.2) is 0 Å². The fourth-order valence-corrected chi connectivity index (χ4v) is 7.49. The molecule has 4 nitrogen and oxygen atoms in total. The smallest absolute Gasteiger partial charge is 0.232 e. The van der Waals surface area contributed by atoms with Crippen LogP contribution in [0.3, 0.4) is 0 Å². The molecule has 4 aliphatic rings. The molecule has 194 valence electrons. The number of hydrogen-bond donors (Lipinski definition) is 0. The van der Waals surface area contributed by atoms with Crippen LogP contribution in [0.4, 0.5) is 0 Å². The van der Waals surface area contributed by atoms with Gasteiger partial charge in [-0.3, -0.25) is 9.59 Å². The maximum Gasteiger partial charge on any atom is 0.232 e. The maximum absolute atomic E-state index is 14.0. The van der Waals surface area contributed by atoms with Gasteiger partial charge in [-0.1, -0.05) is 57.4 Å². The number of carbonyl (C=O) groups excluding carboxylic acids is 2. The van der Waals surface area contributed by atoms with Gasteiger partial charge in [0.05, 0.1) is 5.41 Å². The molecule has 2 amide bonds. The van der Waals surface area contributed by atoms with Gasteiger partial charge in [-0.25, -0.2) is 0 Å². The Bertz CT molecular complexity index is 768. The van der Waals surface area contributed by atoms with Crippen LogP contribution in [0.25, 0.3) is 0 Å². The molecular weight excluding hydrogens is 420 g/mol. The van der Waals surface area contributed by atoms with E-state index in [-0.39, 0.29) is 6.84 Å². The molecule has 0 radical (unpaired) electrons. The zero-order chi connectivity index (χ0) is 24.3. The first-order valence-corrected chi connectivity index (χ1v) is 14.6. The normalized spacial score (nSPS) is 31.0. The van der Waals surface area contributed by atoms with Gasteiger partial charge < -0.3 is 9.80 Å². The van der Waals surface area contributed by atoms with Crippen molar-refractivity contribution < 1.29 is 11.0 Å². The van der Waals surface area contributed by atoms with Crippen molar-refractivity contribution in [3.05, 3.63) is 11.3 Å². The van der Waals surface area contributed by atoms with E-state index < -0.39 is 0 Å². The van der Waals surface area contributed by atoms with Crippen LogP contribution in [-0.4, -0.2) is 41.8 Å². The number of carbonyl (C=O) groups is 2. The van der Waals surface area contributed by atoms with Gasteiger partial charge in [0.25, 0.3) is 0 Å². The van der Waals surface area contributed by atoms with Crippen LogP contribution in [-0.2, 0) is 9.59 Å². The molecule has 0 bridgehead atoms. The molecule has 0 aromatic rings. The molecule has 1 aliphatic heterocycles. The zero-order valence-corrected chi connectivity index (χ0v) is 22.5. The SMILES string of the molecule is CCC(C)=C(C)N(C)C(=O)[C@@]1(CCC2CCCCC2)CC1C1CCN(C(=O)CC2CCCC2)C1.[HH]. The number of amides is 2. The minimum absolute atomic E-state index is 0. The predicted molar refractivity (Wildman–Crippen MR) is 141 cm³/mol. The quantitative estimate of drug-likeness (QED) is 0.356. The largest absolute Gasteiger partial charge is 0.342 e. The van der Waals surface area contributed by atoms with Crippen LogP contribution in [0.15, 0.2) is 11.3 Å². The first kappa shape index (κ1) is 25.8. The second kappa shape index (κ2) is 11.2. The number of rotatable bonds is 9. The Kier molecular flexibility index (Phi) is 8.46. The average Bonchev–Trinajstić information content (AvgIpc) is 3.19. The molecule has 0 N–H and O–H groups in total. The third-order valence-electron chi connectivity index (χ3n) is 10.3. The highest BCUT2D eigenvalue weighted by Crippen LogP contribution is 2.62. The van der Waals surface area contributed by atoms with E-state index >= 15 is 0 Å². The second-order valence-corrected chi connectivity index (χ2v) is 12.3. The fourth-order valence-electron chi connectivity index (χ4n) is 7.49. The Hall–Kier alpha value is -1.32. The van der Waals surface area contributed by atoms with Crippen LogP contribution in [0.5, 0.6) is 0 Å². The van der Waals surface area contributed by atoms with Gasteiger partial charge in [-0.15, -0.1) is 0 Å². The first-order chi connectivity index (χ1) is 16.4. The Morgan fingerprint density at radius 3 is 2.29 bits per heavy atom. The summed E-state index contributed by atoms with van der Waals surface area (Å²) in [4.78, 5) is 31.1. The molecule has 1 heterocycles. The van der Waals surface area contributed by atoms with Crippen molar-refractivity contribution in [2.75, 3.05) is 20.1 Å². The van der Waals surface area contributed by atoms with E-state index in [0.717, 1.165) is 56.8 Å². The molecule has 0 spiro atoms. The number of nitrogens with zero attached hydrogens (tertiary/aromatic N) is 2. The molecule has 34 heavy (non-hydrogen) atoms. The van der Waals surface area contributed by atoms with Gasteiger partial charge in [0.1, 0.15) is 0 Å². The highest BCUT2D eigenvalue weighted by Gasteiger charge is 2.63. The molecule has 0 aromatic heterocycles. The molecule has 0 aromatic carbocycles. The second-order valence-electron chi connectivity index (χ2n) is 12.3. The van der Waals surface area contributed by atoms with Crippen molar-refractivity contribution in [3.8, 4) is 0 Å². The van der Waals surface area contributed by atoms with E-state index in [2.05, 4.69) is 25.7 Å². The Labute approximate surface area is 210 Å². The Morgan fingerprint density at radius 2 is 1.62 bits per heavy atom. The average molecular weight is 473 g/mol. The van der Waals surface area contributed by atoms with Gasteiger partial charge in [0.2, 0.25) is 11.8 Å². The molecule has 3 atom stereocenters. The number of allylic oxidation sites excluding steroid dienone is 2. The van der Waals surface area contributed by atoms with Crippen LogP contribution >= 0.6 is 0 Å².